The molecule has 0 aliphatic carbocycles. The van der Waals surface area contributed by atoms with Crippen molar-refractivity contribution in [3.63, 3.8) is 0 Å². The molecule has 0 spiro atoms. The molecule has 114 valence electrons. The molecule has 5 nitrogen and oxygen atoms in total. The number of halogens is 1. The molecule has 0 aromatic rings. The van der Waals surface area contributed by atoms with E-state index < -0.39 is 5.60 Å². The zero-order valence-corrected chi connectivity index (χ0v) is 14.2. The topological polar surface area (TPSA) is 49.9 Å². The third-order valence-electron chi connectivity index (χ3n) is 3.79. The lowest BCUT2D eigenvalue weighted by Crippen LogP contribution is -2.70. The van der Waals surface area contributed by atoms with Crippen molar-refractivity contribution in [1.82, 2.24) is 9.80 Å². The Kier molecular flexibility index (Phi) is 4.06. The molecule has 2 saturated heterocycles. The summed E-state index contributed by atoms with van der Waals surface area (Å²) in [6, 6.07) is 0. The highest BCUT2D eigenvalue weighted by atomic mass is 79.9. The van der Waals surface area contributed by atoms with Crippen LogP contribution in [0.1, 0.15) is 34.1 Å². The van der Waals surface area contributed by atoms with Gasteiger partial charge in [-0.2, -0.15) is 0 Å². The lowest BCUT2D eigenvalue weighted by atomic mass is 9.90. The quantitative estimate of drug-likeness (QED) is 0.720. The van der Waals surface area contributed by atoms with Gasteiger partial charge in [0.15, 0.2) is 0 Å². The summed E-state index contributed by atoms with van der Waals surface area (Å²) in [4.78, 5) is 27.6. The number of carbonyl (C=O) groups is 2. The number of ether oxygens (including phenoxy) is 1. The predicted molar refractivity (Wildman–Crippen MR) is 79.8 cm³/mol. The van der Waals surface area contributed by atoms with E-state index in [4.69, 9.17) is 4.74 Å². The second-order valence-electron chi connectivity index (χ2n) is 7.06. The molecule has 1 unspecified atom stereocenters. The first kappa shape index (κ1) is 15.6. The molecule has 1 atom stereocenters. The van der Waals surface area contributed by atoms with Gasteiger partial charge >= 0.3 is 6.09 Å². The minimum absolute atomic E-state index is 0.195. The average Bonchev–Trinajstić information content (AvgIpc) is 2.64. The number of rotatable bonds is 2. The van der Waals surface area contributed by atoms with E-state index >= 15 is 0 Å². The van der Waals surface area contributed by atoms with E-state index in [0.717, 1.165) is 11.9 Å². The number of likely N-dealkylation sites (tertiary alicyclic amines) is 2. The van der Waals surface area contributed by atoms with E-state index in [1.807, 2.05) is 32.6 Å². The van der Waals surface area contributed by atoms with Crippen molar-refractivity contribution in [2.45, 2.75) is 45.3 Å². The lowest BCUT2D eigenvalue weighted by molar-refractivity contribution is -0.139. The smallest absolute Gasteiger partial charge is 0.410 e. The molecule has 2 aliphatic heterocycles. The zero-order valence-electron chi connectivity index (χ0n) is 12.6. The number of hydrogen-bond acceptors (Lipinski definition) is 3. The maximum absolute atomic E-state index is 12.1. The Morgan fingerprint density at radius 3 is 2.50 bits per heavy atom. The van der Waals surface area contributed by atoms with Crippen LogP contribution in [0.3, 0.4) is 0 Å². The summed E-state index contributed by atoms with van der Waals surface area (Å²) in [5, 5.41) is 0.848. The van der Waals surface area contributed by atoms with Gasteiger partial charge < -0.3 is 14.5 Å². The van der Waals surface area contributed by atoms with Crippen LogP contribution in [0.4, 0.5) is 4.79 Å². The van der Waals surface area contributed by atoms with Crippen LogP contribution in [0.5, 0.6) is 0 Å². The molecule has 2 rings (SSSR count). The minimum Gasteiger partial charge on any atom is -0.444 e. The van der Waals surface area contributed by atoms with Crippen LogP contribution in [-0.2, 0) is 9.53 Å². The Labute approximate surface area is 128 Å². The van der Waals surface area contributed by atoms with Crippen LogP contribution < -0.4 is 0 Å². The SMILES string of the molecule is CC(C)(C)OC(=O)N1CC(C)(N2CC(CBr)CC2=O)C1. The van der Waals surface area contributed by atoms with Crippen LogP contribution in [0, 0.1) is 5.92 Å². The molecule has 2 fully saturated rings. The second kappa shape index (κ2) is 5.20. The highest BCUT2D eigenvalue weighted by Crippen LogP contribution is 2.34. The van der Waals surface area contributed by atoms with Crippen LogP contribution in [-0.4, -0.2) is 57.9 Å². The number of nitrogens with zero attached hydrogens (tertiary/aromatic N) is 2. The van der Waals surface area contributed by atoms with Gasteiger partial charge in [-0.1, -0.05) is 15.9 Å². The van der Waals surface area contributed by atoms with Crippen molar-refractivity contribution >= 4 is 27.9 Å². The van der Waals surface area contributed by atoms with Gasteiger partial charge in [-0.05, 0) is 33.6 Å². The fraction of sp³-hybridized carbons (Fsp3) is 0.857. The molecule has 0 radical (unpaired) electrons. The van der Waals surface area contributed by atoms with Gasteiger partial charge in [0, 0.05) is 31.4 Å². The standard InChI is InChI=1S/C14H23BrN2O3/c1-13(2,3)20-12(19)16-8-14(4,9-16)17-7-10(6-15)5-11(17)18/h10H,5-9H2,1-4H3. The first-order valence-electron chi connectivity index (χ1n) is 6.99. The summed E-state index contributed by atoms with van der Waals surface area (Å²) in [6.07, 6.45) is 0.312. The van der Waals surface area contributed by atoms with Gasteiger partial charge in [0.05, 0.1) is 5.54 Å². The van der Waals surface area contributed by atoms with E-state index in [-0.39, 0.29) is 17.5 Å². The average molecular weight is 347 g/mol. The van der Waals surface area contributed by atoms with Crippen LogP contribution in [0.25, 0.3) is 0 Å². The third kappa shape index (κ3) is 3.10. The van der Waals surface area contributed by atoms with Crippen molar-refractivity contribution in [1.29, 1.82) is 0 Å². The summed E-state index contributed by atoms with van der Waals surface area (Å²) in [7, 11) is 0. The molecule has 0 N–H and O–H groups in total. The van der Waals surface area contributed by atoms with Gasteiger partial charge in [0.1, 0.15) is 5.60 Å². The number of carbonyl (C=O) groups excluding carboxylic acids is 2. The van der Waals surface area contributed by atoms with Crippen molar-refractivity contribution in [2.24, 2.45) is 5.92 Å². The monoisotopic (exact) mass is 346 g/mol. The van der Waals surface area contributed by atoms with Gasteiger partial charge in [-0.3, -0.25) is 4.79 Å². The summed E-state index contributed by atoms with van der Waals surface area (Å²) < 4.78 is 5.34. The van der Waals surface area contributed by atoms with Crippen LogP contribution >= 0.6 is 15.9 Å². The normalized spacial score (nSPS) is 25.6. The Morgan fingerprint density at radius 2 is 2.05 bits per heavy atom. The van der Waals surface area contributed by atoms with E-state index in [0.29, 0.717) is 25.4 Å². The molecule has 0 bridgehead atoms. The Bertz CT molecular complexity index is 413. The molecule has 2 heterocycles. The summed E-state index contributed by atoms with van der Waals surface area (Å²) >= 11 is 3.44. The molecule has 2 amide bonds. The first-order chi connectivity index (χ1) is 9.14. The fourth-order valence-corrected chi connectivity index (χ4v) is 3.24. The van der Waals surface area contributed by atoms with E-state index in [1.54, 1.807) is 4.90 Å². The molecular weight excluding hydrogens is 324 g/mol. The lowest BCUT2D eigenvalue weighted by Gasteiger charge is -2.52. The Hall–Kier alpha value is -0.780. The van der Waals surface area contributed by atoms with Crippen LogP contribution in [0.15, 0.2) is 0 Å². The molecular formula is C14H23BrN2O3. The summed E-state index contributed by atoms with van der Waals surface area (Å²) in [5.41, 5.74) is -0.710. The maximum atomic E-state index is 12.1. The second-order valence-corrected chi connectivity index (χ2v) is 7.71. The third-order valence-corrected chi connectivity index (χ3v) is 4.71. The Morgan fingerprint density at radius 1 is 1.45 bits per heavy atom. The zero-order chi connectivity index (χ0) is 15.1. The molecule has 6 heteroatoms. The minimum atomic E-state index is -0.479. The van der Waals surface area contributed by atoms with Crippen molar-refractivity contribution in [2.75, 3.05) is 25.0 Å². The first-order valence-corrected chi connectivity index (χ1v) is 8.11. The largest absolute Gasteiger partial charge is 0.444 e. The van der Waals surface area contributed by atoms with Gasteiger partial charge in [0.25, 0.3) is 0 Å². The number of alkyl halides is 1. The van der Waals surface area contributed by atoms with Gasteiger partial charge in [-0.15, -0.1) is 0 Å². The molecule has 0 aromatic heterocycles. The van der Waals surface area contributed by atoms with E-state index in [9.17, 15) is 9.59 Å². The molecule has 2 aliphatic rings. The summed E-state index contributed by atoms with van der Waals surface area (Å²) in [6.45, 7) is 9.51. The fourth-order valence-electron chi connectivity index (χ4n) is 2.81. The predicted octanol–water partition coefficient (Wildman–Crippen LogP) is 2.24. The molecule has 0 saturated carbocycles. The Balaban J connectivity index is 1.91. The highest BCUT2D eigenvalue weighted by molar-refractivity contribution is 9.09. The maximum Gasteiger partial charge on any atom is 0.410 e. The molecule has 20 heavy (non-hydrogen) atoms. The number of hydrogen-bond donors (Lipinski definition) is 0. The van der Waals surface area contributed by atoms with Gasteiger partial charge in [0.2, 0.25) is 5.91 Å². The number of amides is 2. The van der Waals surface area contributed by atoms with E-state index in [2.05, 4.69) is 15.9 Å². The van der Waals surface area contributed by atoms with Crippen LogP contribution in [0.2, 0.25) is 0 Å². The van der Waals surface area contributed by atoms with Crippen molar-refractivity contribution in [3.8, 4) is 0 Å². The molecule has 0 aromatic carbocycles. The highest BCUT2D eigenvalue weighted by Gasteiger charge is 2.51. The van der Waals surface area contributed by atoms with Gasteiger partial charge in [-0.25, -0.2) is 4.79 Å². The van der Waals surface area contributed by atoms with Crippen molar-refractivity contribution < 1.29 is 14.3 Å². The summed E-state index contributed by atoms with van der Waals surface area (Å²) in [5.74, 6) is 0.579. The van der Waals surface area contributed by atoms with Crippen molar-refractivity contribution in [3.05, 3.63) is 0 Å². The van der Waals surface area contributed by atoms with E-state index in [1.165, 1.54) is 0 Å².